The zero-order chi connectivity index (χ0) is 17.5. The molecule has 0 radical (unpaired) electrons. The summed E-state index contributed by atoms with van der Waals surface area (Å²) in [7, 11) is 0. The molecule has 1 aliphatic rings. The number of nitrogens with one attached hydrogen (secondary N) is 1. The van der Waals surface area contributed by atoms with Crippen molar-refractivity contribution in [3.63, 3.8) is 0 Å². The number of hydrogen-bond acceptors (Lipinski definition) is 5. The summed E-state index contributed by atoms with van der Waals surface area (Å²) in [4.78, 5) is 18.4. The van der Waals surface area contributed by atoms with Crippen LogP contribution in [0.5, 0.6) is 0 Å². The smallest absolute Gasteiger partial charge is 0.234 e. The van der Waals surface area contributed by atoms with E-state index in [9.17, 15) is 4.79 Å². The van der Waals surface area contributed by atoms with Gasteiger partial charge in [0.15, 0.2) is 0 Å². The van der Waals surface area contributed by atoms with Crippen LogP contribution in [0.1, 0.15) is 22.9 Å². The Labute approximate surface area is 147 Å². The van der Waals surface area contributed by atoms with Crippen LogP contribution in [-0.4, -0.2) is 42.0 Å². The van der Waals surface area contributed by atoms with Crippen LogP contribution in [-0.2, 0) is 16.1 Å². The Morgan fingerprint density at radius 3 is 3.08 bits per heavy atom. The number of hydrogen-bond donors (Lipinski definition) is 1. The van der Waals surface area contributed by atoms with Gasteiger partial charge in [-0.25, -0.2) is 0 Å². The van der Waals surface area contributed by atoms with E-state index in [4.69, 9.17) is 10.00 Å². The van der Waals surface area contributed by atoms with E-state index in [1.54, 1.807) is 12.3 Å². The highest BCUT2D eigenvalue weighted by atomic mass is 16.5. The van der Waals surface area contributed by atoms with E-state index in [1.807, 2.05) is 36.4 Å². The van der Waals surface area contributed by atoms with E-state index in [1.165, 1.54) is 0 Å². The largest absolute Gasteiger partial charge is 0.371 e. The molecule has 1 atom stereocenters. The van der Waals surface area contributed by atoms with E-state index in [0.717, 1.165) is 11.3 Å². The van der Waals surface area contributed by atoms with Crippen LogP contribution in [0.3, 0.4) is 0 Å². The molecule has 1 aliphatic heterocycles. The molecule has 1 N–H and O–H groups in total. The molecule has 0 saturated carbocycles. The lowest BCUT2D eigenvalue weighted by atomic mass is 10.0. The fourth-order valence-corrected chi connectivity index (χ4v) is 2.81. The number of ether oxygens (including phenoxy) is 1. The lowest BCUT2D eigenvalue weighted by Gasteiger charge is -2.32. The van der Waals surface area contributed by atoms with Crippen molar-refractivity contribution < 1.29 is 9.53 Å². The van der Waals surface area contributed by atoms with Gasteiger partial charge in [0, 0.05) is 19.3 Å². The van der Waals surface area contributed by atoms with Gasteiger partial charge in [0.2, 0.25) is 5.91 Å². The Morgan fingerprint density at radius 2 is 2.28 bits per heavy atom. The standard InChI is InChI=1S/C19H20N4O2/c20-11-15-4-3-5-16(10-15)18-13-23(8-9-25-18)14-19(24)22-12-17-6-1-2-7-21-17/h1-7,10,18H,8-9,12-14H2,(H,22,24). The van der Waals surface area contributed by atoms with Crippen LogP contribution in [0.4, 0.5) is 0 Å². The average Bonchev–Trinajstić information content (AvgIpc) is 2.67. The fourth-order valence-electron chi connectivity index (χ4n) is 2.81. The zero-order valence-corrected chi connectivity index (χ0v) is 13.9. The topological polar surface area (TPSA) is 78.3 Å². The van der Waals surface area contributed by atoms with Crippen LogP contribution in [0, 0.1) is 11.3 Å². The molecule has 0 aliphatic carbocycles. The van der Waals surface area contributed by atoms with Crippen LogP contribution in [0.25, 0.3) is 0 Å². The molecule has 2 aromatic rings. The molecule has 6 heteroatoms. The van der Waals surface area contributed by atoms with Crippen molar-refractivity contribution >= 4 is 5.91 Å². The van der Waals surface area contributed by atoms with E-state index in [0.29, 0.717) is 38.3 Å². The molecule has 25 heavy (non-hydrogen) atoms. The first-order valence-electron chi connectivity index (χ1n) is 8.25. The first-order valence-corrected chi connectivity index (χ1v) is 8.25. The zero-order valence-electron chi connectivity index (χ0n) is 13.9. The van der Waals surface area contributed by atoms with Gasteiger partial charge in [0.05, 0.1) is 43.1 Å². The van der Waals surface area contributed by atoms with E-state index in [-0.39, 0.29) is 12.0 Å². The SMILES string of the molecule is N#Cc1cccc(C2CN(CC(=O)NCc3ccccn3)CCO2)c1. The molecule has 128 valence electrons. The third kappa shape index (κ3) is 4.86. The van der Waals surface area contributed by atoms with Gasteiger partial charge in [-0.2, -0.15) is 5.26 Å². The first kappa shape index (κ1) is 17.1. The number of benzene rings is 1. The Balaban J connectivity index is 1.52. The predicted molar refractivity (Wildman–Crippen MR) is 92.4 cm³/mol. The number of pyridine rings is 1. The van der Waals surface area contributed by atoms with Crippen LogP contribution in [0.15, 0.2) is 48.7 Å². The third-order valence-electron chi connectivity index (χ3n) is 4.10. The molecule has 1 aromatic heterocycles. The summed E-state index contributed by atoms with van der Waals surface area (Å²) >= 11 is 0. The van der Waals surface area contributed by atoms with Gasteiger partial charge < -0.3 is 10.1 Å². The molecule has 0 spiro atoms. The second-order valence-electron chi connectivity index (χ2n) is 5.93. The molecule has 2 heterocycles. The summed E-state index contributed by atoms with van der Waals surface area (Å²) in [6.45, 7) is 2.66. The van der Waals surface area contributed by atoms with Gasteiger partial charge in [-0.05, 0) is 29.8 Å². The van der Waals surface area contributed by atoms with E-state index >= 15 is 0 Å². The number of carbonyl (C=O) groups is 1. The molecule has 1 amide bonds. The molecule has 1 fully saturated rings. The quantitative estimate of drug-likeness (QED) is 0.898. The molecule has 0 bridgehead atoms. The van der Waals surface area contributed by atoms with Crippen molar-refractivity contribution in [2.24, 2.45) is 0 Å². The fraction of sp³-hybridized carbons (Fsp3) is 0.316. The Bertz CT molecular complexity index is 758. The summed E-state index contributed by atoms with van der Waals surface area (Å²) < 4.78 is 5.81. The number of nitrogens with zero attached hydrogens (tertiary/aromatic N) is 3. The molecule has 1 unspecified atom stereocenters. The summed E-state index contributed by atoms with van der Waals surface area (Å²) in [5, 5.41) is 11.9. The average molecular weight is 336 g/mol. The van der Waals surface area contributed by atoms with Crippen molar-refractivity contribution in [3.8, 4) is 6.07 Å². The summed E-state index contributed by atoms with van der Waals surface area (Å²) in [6.07, 6.45) is 1.59. The maximum atomic E-state index is 12.2. The molecular formula is C19H20N4O2. The van der Waals surface area contributed by atoms with E-state index < -0.39 is 0 Å². The predicted octanol–water partition coefficient (Wildman–Crippen LogP) is 1.64. The van der Waals surface area contributed by atoms with Gasteiger partial charge in [0.25, 0.3) is 0 Å². The number of nitriles is 1. The van der Waals surface area contributed by atoms with Gasteiger partial charge in [-0.15, -0.1) is 0 Å². The number of aromatic nitrogens is 1. The number of carbonyl (C=O) groups excluding carboxylic acids is 1. The Morgan fingerprint density at radius 1 is 1.36 bits per heavy atom. The molecular weight excluding hydrogens is 316 g/mol. The Hall–Kier alpha value is -2.75. The normalized spacial score (nSPS) is 17.6. The molecule has 3 rings (SSSR count). The van der Waals surface area contributed by atoms with Gasteiger partial charge >= 0.3 is 0 Å². The van der Waals surface area contributed by atoms with Crippen molar-refractivity contribution in [1.82, 2.24) is 15.2 Å². The van der Waals surface area contributed by atoms with Crippen molar-refractivity contribution in [2.75, 3.05) is 26.2 Å². The van der Waals surface area contributed by atoms with Gasteiger partial charge in [-0.3, -0.25) is 14.7 Å². The number of morpholine rings is 1. The van der Waals surface area contributed by atoms with Crippen LogP contribution < -0.4 is 5.32 Å². The number of amides is 1. The van der Waals surface area contributed by atoms with Gasteiger partial charge in [0.1, 0.15) is 0 Å². The highest BCUT2D eigenvalue weighted by molar-refractivity contribution is 5.77. The lowest BCUT2D eigenvalue weighted by Crippen LogP contribution is -2.44. The molecule has 1 aromatic carbocycles. The minimum atomic E-state index is -0.120. The van der Waals surface area contributed by atoms with E-state index in [2.05, 4.69) is 21.3 Å². The maximum Gasteiger partial charge on any atom is 0.234 e. The molecule has 1 saturated heterocycles. The number of rotatable bonds is 5. The molecule has 6 nitrogen and oxygen atoms in total. The Kier molecular flexibility index (Phi) is 5.73. The highest BCUT2D eigenvalue weighted by Gasteiger charge is 2.23. The second-order valence-corrected chi connectivity index (χ2v) is 5.93. The lowest BCUT2D eigenvalue weighted by molar-refractivity contribution is -0.124. The summed E-state index contributed by atoms with van der Waals surface area (Å²) in [5.41, 5.74) is 2.42. The second kappa shape index (κ2) is 8.38. The van der Waals surface area contributed by atoms with Crippen LogP contribution >= 0.6 is 0 Å². The minimum absolute atomic E-state index is 0.0305. The van der Waals surface area contributed by atoms with Gasteiger partial charge in [-0.1, -0.05) is 18.2 Å². The first-order chi connectivity index (χ1) is 12.2. The minimum Gasteiger partial charge on any atom is -0.371 e. The highest BCUT2D eigenvalue weighted by Crippen LogP contribution is 2.22. The maximum absolute atomic E-state index is 12.2. The summed E-state index contributed by atoms with van der Waals surface area (Å²) in [6, 6.07) is 15.2. The summed E-state index contributed by atoms with van der Waals surface area (Å²) in [5.74, 6) is -0.0305. The van der Waals surface area contributed by atoms with Crippen molar-refractivity contribution in [3.05, 3.63) is 65.5 Å². The monoisotopic (exact) mass is 336 g/mol. The van der Waals surface area contributed by atoms with Crippen LogP contribution in [0.2, 0.25) is 0 Å². The van der Waals surface area contributed by atoms with Crippen molar-refractivity contribution in [1.29, 1.82) is 5.26 Å². The van der Waals surface area contributed by atoms with Crippen molar-refractivity contribution in [2.45, 2.75) is 12.6 Å². The third-order valence-corrected chi connectivity index (χ3v) is 4.10.